The number of nitrogens with one attached hydrogen (secondary N) is 2. The van der Waals surface area contributed by atoms with Gasteiger partial charge in [0.05, 0.1) is 7.11 Å². The van der Waals surface area contributed by atoms with Crippen molar-refractivity contribution in [1.82, 2.24) is 10.6 Å². The Morgan fingerprint density at radius 3 is 2.52 bits per heavy atom. The minimum absolute atomic E-state index is 0.0316. The Labute approximate surface area is 148 Å². The van der Waals surface area contributed by atoms with Crippen LogP contribution in [-0.2, 0) is 17.6 Å². The van der Waals surface area contributed by atoms with Crippen LogP contribution >= 0.6 is 0 Å². The van der Waals surface area contributed by atoms with E-state index in [0.717, 1.165) is 36.3 Å². The van der Waals surface area contributed by atoms with E-state index in [0.29, 0.717) is 19.5 Å². The monoisotopic (exact) mass is 344 g/mol. The first-order valence-corrected chi connectivity index (χ1v) is 8.53. The molecule has 25 heavy (non-hydrogen) atoms. The zero-order chi connectivity index (χ0) is 17.9. The van der Waals surface area contributed by atoms with Gasteiger partial charge in [-0.3, -0.25) is 4.79 Å². The van der Waals surface area contributed by atoms with Crippen LogP contribution in [0.25, 0.3) is 0 Å². The van der Waals surface area contributed by atoms with Gasteiger partial charge in [0, 0.05) is 19.5 Å². The molecule has 0 saturated carbocycles. The van der Waals surface area contributed by atoms with Crippen molar-refractivity contribution >= 4 is 5.91 Å². The molecule has 0 heterocycles. The summed E-state index contributed by atoms with van der Waals surface area (Å²) in [5.74, 6) is 0.657. The summed E-state index contributed by atoms with van der Waals surface area (Å²) in [6.45, 7) is 1.98. The number of hydrogen-bond acceptors (Lipinski definition) is 3. The maximum atomic E-state index is 12.8. The SMILES string of the molecule is COc1ccccc1CCNC(=O)CCNCCc1ccc(F)cc1. The minimum Gasteiger partial charge on any atom is -0.496 e. The number of ether oxygens (including phenoxy) is 1. The molecule has 0 fully saturated rings. The van der Waals surface area contributed by atoms with Gasteiger partial charge in [0.1, 0.15) is 11.6 Å². The summed E-state index contributed by atoms with van der Waals surface area (Å²) in [6.07, 6.45) is 2.00. The number of benzene rings is 2. The summed E-state index contributed by atoms with van der Waals surface area (Å²) in [7, 11) is 1.65. The van der Waals surface area contributed by atoms with Gasteiger partial charge in [-0.05, 0) is 48.7 Å². The predicted octanol–water partition coefficient (Wildman–Crippen LogP) is 2.72. The first-order valence-electron chi connectivity index (χ1n) is 8.53. The third-order valence-corrected chi connectivity index (χ3v) is 3.94. The lowest BCUT2D eigenvalue weighted by Crippen LogP contribution is -2.29. The molecule has 2 aromatic rings. The molecule has 0 radical (unpaired) electrons. The van der Waals surface area contributed by atoms with Crippen molar-refractivity contribution in [2.45, 2.75) is 19.3 Å². The Kier molecular flexibility index (Phi) is 7.92. The van der Waals surface area contributed by atoms with E-state index in [2.05, 4.69) is 10.6 Å². The van der Waals surface area contributed by atoms with Gasteiger partial charge < -0.3 is 15.4 Å². The molecule has 5 heteroatoms. The van der Waals surface area contributed by atoms with Gasteiger partial charge in [0.25, 0.3) is 0 Å². The quantitative estimate of drug-likeness (QED) is 0.652. The van der Waals surface area contributed by atoms with Crippen LogP contribution in [0.1, 0.15) is 17.5 Å². The third-order valence-electron chi connectivity index (χ3n) is 3.94. The number of amides is 1. The van der Waals surface area contributed by atoms with E-state index >= 15 is 0 Å². The van der Waals surface area contributed by atoms with Crippen LogP contribution in [-0.4, -0.2) is 32.7 Å². The molecule has 2 rings (SSSR count). The van der Waals surface area contributed by atoms with Crippen molar-refractivity contribution in [1.29, 1.82) is 0 Å². The molecule has 0 spiro atoms. The maximum Gasteiger partial charge on any atom is 0.221 e. The number of para-hydroxylation sites is 1. The van der Waals surface area contributed by atoms with Crippen LogP contribution in [0.2, 0.25) is 0 Å². The maximum absolute atomic E-state index is 12.8. The number of carbonyl (C=O) groups is 1. The van der Waals surface area contributed by atoms with Crippen molar-refractivity contribution < 1.29 is 13.9 Å². The lowest BCUT2D eigenvalue weighted by atomic mass is 10.1. The molecular weight excluding hydrogens is 319 g/mol. The standard InChI is InChI=1S/C20H25FN2O2/c1-25-19-5-3-2-4-17(19)11-15-23-20(24)12-14-22-13-10-16-6-8-18(21)9-7-16/h2-9,22H,10-15H2,1H3,(H,23,24). The van der Waals surface area contributed by atoms with E-state index in [1.54, 1.807) is 19.2 Å². The number of carbonyl (C=O) groups excluding carboxylic acids is 1. The molecule has 0 atom stereocenters. The summed E-state index contributed by atoms with van der Waals surface area (Å²) in [5.41, 5.74) is 2.16. The van der Waals surface area contributed by atoms with Crippen molar-refractivity contribution in [2.24, 2.45) is 0 Å². The number of halogens is 1. The highest BCUT2D eigenvalue weighted by Crippen LogP contribution is 2.17. The van der Waals surface area contributed by atoms with E-state index in [4.69, 9.17) is 4.74 Å². The zero-order valence-electron chi connectivity index (χ0n) is 14.6. The molecule has 2 N–H and O–H groups in total. The topological polar surface area (TPSA) is 50.4 Å². The smallest absolute Gasteiger partial charge is 0.221 e. The van der Waals surface area contributed by atoms with Crippen LogP contribution in [0.4, 0.5) is 4.39 Å². The lowest BCUT2D eigenvalue weighted by molar-refractivity contribution is -0.120. The second-order valence-electron chi connectivity index (χ2n) is 5.79. The van der Waals surface area contributed by atoms with Gasteiger partial charge in [-0.15, -0.1) is 0 Å². The van der Waals surface area contributed by atoms with Crippen molar-refractivity contribution in [3.05, 3.63) is 65.5 Å². The Bertz CT molecular complexity index is 659. The zero-order valence-corrected chi connectivity index (χ0v) is 14.6. The van der Waals surface area contributed by atoms with Crippen LogP contribution < -0.4 is 15.4 Å². The summed E-state index contributed by atoms with van der Waals surface area (Å²) >= 11 is 0. The fourth-order valence-corrected chi connectivity index (χ4v) is 2.55. The first-order chi connectivity index (χ1) is 12.2. The molecule has 134 valence electrons. The second kappa shape index (κ2) is 10.5. The highest BCUT2D eigenvalue weighted by molar-refractivity contribution is 5.76. The number of hydrogen-bond donors (Lipinski definition) is 2. The highest BCUT2D eigenvalue weighted by Gasteiger charge is 2.04. The fraction of sp³-hybridized carbons (Fsp3) is 0.350. The summed E-state index contributed by atoms with van der Waals surface area (Å²) in [6, 6.07) is 14.3. The fourth-order valence-electron chi connectivity index (χ4n) is 2.55. The third kappa shape index (κ3) is 6.93. The Morgan fingerprint density at radius 2 is 1.76 bits per heavy atom. The van der Waals surface area contributed by atoms with Gasteiger partial charge in [0.2, 0.25) is 5.91 Å². The Hall–Kier alpha value is -2.40. The lowest BCUT2D eigenvalue weighted by Gasteiger charge is -2.09. The Balaban J connectivity index is 1.56. The predicted molar refractivity (Wildman–Crippen MR) is 97.3 cm³/mol. The van der Waals surface area contributed by atoms with E-state index in [-0.39, 0.29) is 11.7 Å². The second-order valence-corrected chi connectivity index (χ2v) is 5.79. The normalized spacial score (nSPS) is 10.5. The van der Waals surface area contributed by atoms with Crippen LogP contribution in [0.3, 0.4) is 0 Å². The van der Waals surface area contributed by atoms with Gasteiger partial charge in [-0.2, -0.15) is 0 Å². The molecule has 0 aliphatic heterocycles. The molecule has 0 aliphatic rings. The van der Waals surface area contributed by atoms with E-state index in [1.165, 1.54) is 12.1 Å². The summed E-state index contributed by atoms with van der Waals surface area (Å²) in [5, 5.41) is 6.15. The molecule has 0 saturated heterocycles. The van der Waals surface area contributed by atoms with Gasteiger partial charge >= 0.3 is 0 Å². The van der Waals surface area contributed by atoms with Crippen LogP contribution in [0, 0.1) is 5.82 Å². The van der Waals surface area contributed by atoms with Crippen LogP contribution in [0.15, 0.2) is 48.5 Å². The first kappa shape index (κ1) is 18.9. The van der Waals surface area contributed by atoms with Crippen molar-refractivity contribution in [2.75, 3.05) is 26.7 Å². The van der Waals surface area contributed by atoms with Gasteiger partial charge in [0.15, 0.2) is 0 Å². The Morgan fingerprint density at radius 1 is 1.00 bits per heavy atom. The molecule has 2 aromatic carbocycles. The van der Waals surface area contributed by atoms with Crippen molar-refractivity contribution in [3.63, 3.8) is 0 Å². The largest absolute Gasteiger partial charge is 0.496 e. The number of rotatable bonds is 10. The number of methoxy groups -OCH3 is 1. The average Bonchev–Trinajstić information content (AvgIpc) is 2.63. The molecule has 0 aromatic heterocycles. The molecule has 0 unspecified atom stereocenters. The average molecular weight is 344 g/mol. The molecule has 0 aliphatic carbocycles. The van der Waals surface area contributed by atoms with E-state index < -0.39 is 0 Å². The molecule has 1 amide bonds. The van der Waals surface area contributed by atoms with Crippen molar-refractivity contribution in [3.8, 4) is 5.75 Å². The van der Waals surface area contributed by atoms with Gasteiger partial charge in [-0.1, -0.05) is 30.3 Å². The molecule has 4 nitrogen and oxygen atoms in total. The van der Waals surface area contributed by atoms with Crippen LogP contribution in [0.5, 0.6) is 5.75 Å². The molecule has 0 bridgehead atoms. The molecular formula is C20H25FN2O2. The van der Waals surface area contributed by atoms with Gasteiger partial charge in [-0.25, -0.2) is 4.39 Å². The van der Waals surface area contributed by atoms with E-state index in [9.17, 15) is 9.18 Å². The highest BCUT2D eigenvalue weighted by atomic mass is 19.1. The summed E-state index contributed by atoms with van der Waals surface area (Å²) in [4.78, 5) is 11.8. The summed E-state index contributed by atoms with van der Waals surface area (Å²) < 4.78 is 18.1. The van der Waals surface area contributed by atoms with E-state index in [1.807, 2.05) is 24.3 Å². The minimum atomic E-state index is -0.221.